The van der Waals surface area contributed by atoms with E-state index in [4.69, 9.17) is 18.9 Å². The van der Waals surface area contributed by atoms with Crippen molar-refractivity contribution in [2.24, 2.45) is 0 Å². The van der Waals surface area contributed by atoms with Crippen molar-refractivity contribution in [3.8, 4) is 0 Å². The second-order valence-corrected chi connectivity index (χ2v) is 27.0. The number of β-amino-alcohol motifs (C(OH)–C–C–N with tert-alkyl or cyclic N) is 4. The SMILES string of the molecule is CCCCCCCC/C=C\CCCCCCCC(=O)OCC(O)CN1CCCN(CC(O)COC(=O)CCCCCCC/C=C\CCCCCCCC)CCN(CC(O)COC(=O)CCCCCCC/C=C\CCCCCCCC)CCCN(CC(O)COC)CC1. The molecule has 0 spiro atoms. The Morgan fingerprint density at radius 3 is 0.739 bits per heavy atom. The molecule has 92 heavy (non-hydrogen) atoms. The van der Waals surface area contributed by atoms with E-state index in [1.165, 1.54) is 154 Å². The molecule has 0 aliphatic carbocycles. The number of hydrogen-bond donors (Lipinski definition) is 4. The standard InChI is InChI=1S/C77H146N4O11/c1-5-8-11-14-17-20-23-26-29-32-35-38-41-44-47-52-75(86)90-68-72(83)64-79-57-51-58-81(66-74(85)70-92-77(88)54-49-46-43-40-37-34-31-28-25-22-19-16-13-10-7-3)62-61-80(56-50-55-78(59-60-79)63-71(82)67-89-4)65-73(84)69-91-76(87)53-48-45-42-39-36-33-30-27-24-21-18-15-12-9-6-2/h26-31,71-74,82-85H,5-25,32-70H2,1-4H3/b29-26-,30-27-,31-28-. The maximum absolute atomic E-state index is 12.9. The Balaban J connectivity index is 2.85. The fourth-order valence-electron chi connectivity index (χ4n) is 12.2. The first kappa shape index (κ1) is 87.3. The van der Waals surface area contributed by atoms with Crippen molar-refractivity contribution in [3.63, 3.8) is 0 Å². The van der Waals surface area contributed by atoms with Crippen LogP contribution in [0.15, 0.2) is 36.5 Å². The molecule has 1 aliphatic heterocycles. The third kappa shape index (κ3) is 59.7. The normalized spacial score (nSPS) is 16.2. The minimum Gasteiger partial charge on any atom is -0.463 e. The summed E-state index contributed by atoms with van der Waals surface area (Å²) in [6.45, 7) is 12.9. The first-order chi connectivity index (χ1) is 45.0. The van der Waals surface area contributed by atoms with Gasteiger partial charge in [-0.1, -0.05) is 211 Å². The summed E-state index contributed by atoms with van der Waals surface area (Å²) in [7, 11) is 1.58. The number of ether oxygens (including phenoxy) is 4. The van der Waals surface area contributed by atoms with Crippen molar-refractivity contribution in [1.82, 2.24) is 19.6 Å². The smallest absolute Gasteiger partial charge is 0.305 e. The van der Waals surface area contributed by atoms with Gasteiger partial charge in [0.1, 0.15) is 38.1 Å². The number of aliphatic hydroxyl groups excluding tert-OH is 4. The first-order valence-corrected chi connectivity index (χ1v) is 38.5. The lowest BCUT2D eigenvalue weighted by atomic mass is 10.1. The Bertz CT molecular complexity index is 1720. The van der Waals surface area contributed by atoms with Crippen molar-refractivity contribution in [2.45, 2.75) is 328 Å². The molecule has 4 unspecified atom stereocenters. The van der Waals surface area contributed by atoms with E-state index in [0.29, 0.717) is 97.7 Å². The van der Waals surface area contributed by atoms with Crippen molar-refractivity contribution in [1.29, 1.82) is 0 Å². The van der Waals surface area contributed by atoms with Gasteiger partial charge in [0.25, 0.3) is 0 Å². The van der Waals surface area contributed by atoms with Crippen LogP contribution >= 0.6 is 0 Å². The summed E-state index contributed by atoms with van der Waals surface area (Å²) in [6.07, 6.45) is 59.4. The van der Waals surface area contributed by atoms with Crippen molar-refractivity contribution in [2.75, 3.05) is 112 Å². The largest absolute Gasteiger partial charge is 0.463 e. The summed E-state index contributed by atoms with van der Waals surface area (Å²) in [5.41, 5.74) is 0. The molecule has 4 N–H and O–H groups in total. The van der Waals surface area contributed by atoms with E-state index in [0.717, 1.165) is 103 Å². The van der Waals surface area contributed by atoms with Gasteiger partial charge < -0.3 is 39.4 Å². The quantitative estimate of drug-likeness (QED) is 0.0195. The predicted molar refractivity (Wildman–Crippen MR) is 382 cm³/mol. The monoisotopic (exact) mass is 1300 g/mol. The lowest BCUT2D eigenvalue weighted by Crippen LogP contribution is -2.47. The Kier molecular flexibility index (Phi) is 63.4. The number of unbranched alkanes of at least 4 members (excludes halogenated alkanes) is 33. The molecule has 15 nitrogen and oxygen atoms in total. The highest BCUT2D eigenvalue weighted by Crippen LogP contribution is 2.16. The van der Waals surface area contributed by atoms with Gasteiger partial charge >= 0.3 is 17.9 Å². The van der Waals surface area contributed by atoms with Crippen LogP contribution < -0.4 is 0 Å². The molecular weight excluding hydrogens is 1160 g/mol. The summed E-state index contributed by atoms with van der Waals surface area (Å²) in [4.78, 5) is 47.3. The molecule has 0 aromatic carbocycles. The number of aliphatic hydroxyl groups is 4. The number of methoxy groups -OCH3 is 1. The molecule has 1 heterocycles. The Morgan fingerprint density at radius 2 is 0.511 bits per heavy atom. The highest BCUT2D eigenvalue weighted by molar-refractivity contribution is 5.70. The average Bonchev–Trinajstić information content (AvgIpc) is 3.06. The maximum Gasteiger partial charge on any atom is 0.305 e. The zero-order valence-corrected chi connectivity index (χ0v) is 60.1. The Labute approximate surface area is 565 Å². The summed E-state index contributed by atoms with van der Waals surface area (Å²) < 4.78 is 22.2. The third-order valence-corrected chi connectivity index (χ3v) is 17.8. The summed E-state index contributed by atoms with van der Waals surface area (Å²) in [6, 6.07) is 0. The van der Waals surface area contributed by atoms with E-state index >= 15 is 0 Å². The van der Waals surface area contributed by atoms with Crippen LogP contribution in [0.4, 0.5) is 0 Å². The van der Waals surface area contributed by atoms with Gasteiger partial charge in [0.15, 0.2) is 0 Å². The van der Waals surface area contributed by atoms with Gasteiger partial charge in [-0.25, -0.2) is 0 Å². The molecule has 0 aromatic rings. The number of esters is 3. The number of hydrogen-bond acceptors (Lipinski definition) is 15. The van der Waals surface area contributed by atoms with Crippen molar-refractivity contribution >= 4 is 17.9 Å². The second kappa shape index (κ2) is 66.9. The number of carbonyl (C=O) groups excluding carboxylic acids is 3. The second-order valence-electron chi connectivity index (χ2n) is 27.0. The first-order valence-electron chi connectivity index (χ1n) is 38.5. The van der Waals surface area contributed by atoms with Crippen molar-refractivity contribution < 1.29 is 53.8 Å². The van der Waals surface area contributed by atoms with Gasteiger partial charge in [-0.3, -0.25) is 34.0 Å². The maximum atomic E-state index is 12.9. The minimum absolute atomic E-state index is 0.0797. The lowest BCUT2D eigenvalue weighted by Gasteiger charge is -2.34. The number of nitrogens with zero attached hydrogens (tertiary/aromatic N) is 4. The molecule has 1 fully saturated rings. The van der Waals surface area contributed by atoms with E-state index in [-0.39, 0.29) is 50.9 Å². The van der Waals surface area contributed by atoms with Gasteiger partial charge in [-0.15, -0.1) is 0 Å². The average molecular weight is 1300 g/mol. The van der Waals surface area contributed by atoms with E-state index in [2.05, 4.69) is 76.8 Å². The van der Waals surface area contributed by atoms with Gasteiger partial charge in [0, 0.05) is 78.7 Å². The Morgan fingerprint density at radius 1 is 0.304 bits per heavy atom. The van der Waals surface area contributed by atoms with Gasteiger partial charge in [0.05, 0.1) is 12.7 Å². The topological polar surface area (TPSA) is 182 Å². The highest BCUT2D eigenvalue weighted by atomic mass is 16.6. The molecule has 0 aromatic heterocycles. The van der Waals surface area contributed by atoms with E-state index in [1.807, 2.05) is 0 Å². The number of carbonyl (C=O) groups is 3. The van der Waals surface area contributed by atoms with Gasteiger partial charge in [0.2, 0.25) is 0 Å². The molecule has 1 rings (SSSR count). The molecule has 1 saturated heterocycles. The summed E-state index contributed by atoms with van der Waals surface area (Å²) in [5.74, 6) is -0.855. The molecule has 1 aliphatic rings. The van der Waals surface area contributed by atoms with Crippen LogP contribution in [-0.2, 0) is 33.3 Å². The molecule has 0 radical (unpaired) electrons. The van der Waals surface area contributed by atoms with Crippen LogP contribution in [0.5, 0.6) is 0 Å². The fourth-order valence-corrected chi connectivity index (χ4v) is 12.2. The number of allylic oxidation sites excluding steroid dienone is 6. The molecule has 0 amide bonds. The molecule has 15 heteroatoms. The van der Waals surface area contributed by atoms with Crippen LogP contribution in [0.25, 0.3) is 0 Å². The summed E-state index contributed by atoms with van der Waals surface area (Å²) >= 11 is 0. The Hall–Kier alpha value is -2.73. The molecular formula is C77H146N4O11. The van der Waals surface area contributed by atoms with Crippen LogP contribution in [-0.4, -0.2) is 194 Å². The predicted octanol–water partition coefficient (Wildman–Crippen LogP) is 15.8. The zero-order valence-electron chi connectivity index (χ0n) is 60.1. The van der Waals surface area contributed by atoms with Crippen LogP contribution in [0, 0.1) is 0 Å². The molecule has 0 saturated carbocycles. The minimum atomic E-state index is -0.904. The van der Waals surface area contributed by atoms with Gasteiger partial charge in [-0.2, -0.15) is 0 Å². The van der Waals surface area contributed by atoms with Crippen LogP contribution in [0.2, 0.25) is 0 Å². The fraction of sp³-hybridized carbons (Fsp3) is 0.883. The molecule has 540 valence electrons. The summed E-state index contributed by atoms with van der Waals surface area (Å²) in [5, 5.41) is 44.9. The van der Waals surface area contributed by atoms with Crippen molar-refractivity contribution in [3.05, 3.63) is 36.5 Å². The van der Waals surface area contributed by atoms with E-state index in [1.54, 1.807) is 7.11 Å². The third-order valence-electron chi connectivity index (χ3n) is 17.8. The molecule has 4 atom stereocenters. The van der Waals surface area contributed by atoms with Gasteiger partial charge in [-0.05, 0) is 135 Å². The lowest BCUT2D eigenvalue weighted by molar-refractivity contribution is -0.148. The molecule has 0 bridgehead atoms. The zero-order chi connectivity index (χ0) is 66.8. The number of rotatable bonds is 61. The van der Waals surface area contributed by atoms with E-state index < -0.39 is 24.4 Å². The highest BCUT2D eigenvalue weighted by Gasteiger charge is 2.22. The van der Waals surface area contributed by atoms with E-state index in [9.17, 15) is 34.8 Å². The van der Waals surface area contributed by atoms with Crippen LogP contribution in [0.3, 0.4) is 0 Å². The van der Waals surface area contributed by atoms with Crippen LogP contribution in [0.1, 0.15) is 303 Å².